The Balaban J connectivity index is 2.04. The van der Waals surface area contributed by atoms with Gasteiger partial charge in [-0.05, 0) is 42.3 Å². The lowest BCUT2D eigenvalue weighted by Crippen LogP contribution is -2.05. The van der Waals surface area contributed by atoms with E-state index in [2.05, 4.69) is 0 Å². The van der Waals surface area contributed by atoms with Crippen molar-refractivity contribution in [2.75, 3.05) is 0 Å². The highest BCUT2D eigenvalue weighted by Gasteiger charge is 2.02. The summed E-state index contributed by atoms with van der Waals surface area (Å²) < 4.78 is 5.72. The van der Waals surface area contributed by atoms with E-state index < -0.39 is 0 Å². The second kappa shape index (κ2) is 5.89. The van der Waals surface area contributed by atoms with E-state index in [4.69, 9.17) is 22.1 Å². The molecule has 0 aliphatic carbocycles. The number of rotatable bonds is 4. The third-order valence-corrected chi connectivity index (χ3v) is 2.91. The van der Waals surface area contributed by atoms with Crippen LogP contribution in [0, 0.1) is 0 Å². The van der Waals surface area contributed by atoms with E-state index in [0.717, 1.165) is 21.9 Å². The van der Waals surface area contributed by atoms with Gasteiger partial charge in [-0.3, -0.25) is 0 Å². The first-order valence-electron chi connectivity index (χ1n) is 5.88. The van der Waals surface area contributed by atoms with Gasteiger partial charge in [0.1, 0.15) is 12.4 Å². The Bertz CT molecular complexity index is 525. The summed E-state index contributed by atoms with van der Waals surface area (Å²) in [5, 5.41) is 0.723. The van der Waals surface area contributed by atoms with E-state index in [-0.39, 0.29) is 6.04 Å². The van der Waals surface area contributed by atoms with Gasteiger partial charge in [-0.2, -0.15) is 0 Å². The van der Waals surface area contributed by atoms with E-state index in [9.17, 15) is 0 Å². The maximum Gasteiger partial charge on any atom is 0.120 e. The molecule has 2 aromatic carbocycles. The van der Waals surface area contributed by atoms with Gasteiger partial charge in [-0.1, -0.05) is 35.9 Å². The fourth-order valence-corrected chi connectivity index (χ4v) is 1.89. The third kappa shape index (κ3) is 3.49. The molecule has 0 aliphatic rings. The first-order valence-corrected chi connectivity index (χ1v) is 6.26. The van der Waals surface area contributed by atoms with Crippen molar-refractivity contribution in [2.45, 2.75) is 19.6 Å². The Morgan fingerprint density at radius 1 is 1.17 bits per heavy atom. The molecule has 0 fully saturated rings. The Morgan fingerprint density at radius 2 is 1.94 bits per heavy atom. The fraction of sp³-hybridized carbons (Fsp3) is 0.200. The Morgan fingerprint density at radius 3 is 2.67 bits per heavy atom. The van der Waals surface area contributed by atoms with E-state index >= 15 is 0 Å². The molecule has 94 valence electrons. The molecule has 0 bridgehead atoms. The first-order chi connectivity index (χ1) is 8.65. The summed E-state index contributed by atoms with van der Waals surface area (Å²) in [6, 6.07) is 15.5. The molecule has 0 aromatic heterocycles. The van der Waals surface area contributed by atoms with Gasteiger partial charge in [0, 0.05) is 11.1 Å². The number of hydrogen-bond acceptors (Lipinski definition) is 2. The molecular weight excluding hydrogens is 246 g/mol. The molecule has 1 unspecified atom stereocenters. The predicted octanol–water partition coefficient (Wildman–Crippen LogP) is 3.94. The molecule has 3 heteroatoms. The Kier molecular flexibility index (Phi) is 4.24. The molecule has 0 spiro atoms. The van der Waals surface area contributed by atoms with E-state index in [1.54, 1.807) is 0 Å². The van der Waals surface area contributed by atoms with Gasteiger partial charge in [0.15, 0.2) is 0 Å². The molecule has 2 N–H and O–H groups in total. The number of hydrogen-bond donors (Lipinski definition) is 1. The highest BCUT2D eigenvalue weighted by atomic mass is 35.5. The minimum absolute atomic E-state index is 0.0136. The van der Waals surface area contributed by atoms with Crippen LogP contribution in [-0.2, 0) is 6.61 Å². The second-order valence-electron chi connectivity index (χ2n) is 4.28. The molecule has 18 heavy (non-hydrogen) atoms. The number of benzene rings is 2. The summed E-state index contributed by atoms with van der Waals surface area (Å²) in [4.78, 5) is 0. The lowest BCUT2D eigenvalue weighted by Gasteiger charge is -2.10. The fourth-order valence-electron chi connectivity index (χ4n) is 1.68. The second-order valence-corrected chi connectivity index (χ2v) is 4.72. The maximum atomic E-state index is 5.92. The highest BCUT2D eigenvalue weighted by molar-refractivity contribution is 6.30. The van der Waals surface area contributed by atoms with Crippen LogP contribution in [0.5, 0.6) is 5.75 Å². The van der Waals surface area contributed by atoms with Crippen LogP contribution in [0.3, 0.4) is 0 Å². The van der Waals surface area contributed by atoms with Crippen molar-refractivity contribution in [2.24, 2.45) is 5.73 Å². The van der Waals surface area contributed by atoms with Crippen molar-refractivity contribution >= 4 is 11.6 Å². The summed E-state index contributed by atoms with van der Waals surface area (Å²) in [6.07, 6.45) is 0. The van der Waals surface area contributed by atoms with Crippen LogP contribution in [0.1, 0.15) is 24.1 Å². The monoisotopic (exact) mass is 261 g/mol. The van der Waals surface area contributed by atoms with Gasteiger partial charge in [0.05, 0.1) is 0 Å². The van der Waals surface area contributed by atoms with Gasteiger partial charge < -0.3 is 10.5 Å². The van der Waals surface area contributed by atoms with Crippen LogP contribution in [-0.4, -0.2) is 0 Å². The molecule has 2 aromatic rings. The van der Waals surface area contributed by atoms with Crippen molar-refractivity contribution < 1.29 is 4.74 Å². The highest BCUT2D eigenvalue weighted by Crippen LogP contribution is 2.19. The number of halogens is 1. The van der Waals surface area contributed by atoms with Gasteiger partial charge in [-0.25, -0.2) is 0 Å². The lowest BCUT2D eigenvalue weighted by atomic mass is 10.1. The zero-order valence-electron chi connectivity index (χ0n) is 10.3. The van der Waals surface area contributed by atoms with Crippen LogP contribution < -0.4 is 10.5 Å². The summed E-state index contributed by atoms with van der Waals surface area (Å²) in [7, 11) is 0. The van der Waals surface area contributed by atoms with Gasteiger partial charge in [0.25, 0.3) is 0 Å². The van der Waals surface area contributed by atoms with Crippen molar-refractivity contribution in [3.63, 3.8) is 0 Å². The van der Waals surface area contributed by atoms with Crippen LogP contribution in [0.25, 0.3) is 0 Å². The summed E-state index contributed by atoms with van der Waals surface area (Å²) in [5.41, 5.74) is 7.95. The van der Waals surface area contributed by atoms with Crippen LogP contribution in [0.4, 0.5) is 0 Å². The Labute approximate surface area is 112 Å². The summed E-state index contributed by atoms with van der Waals surface area (Å²) >= 11 is 5.92. The number of ether oxygens (including phenoxy) is 1. The molecule has 2 rings (SSSR count). The van der Waals surface area contributed by atoms with Crippen molar-refractivity contribution in [1.82, 2.24) is 0 Å². The van der Waals surface area contributed by atoms with Gasteiger partial charge in [0.2, 0.25) is 0 Å². The van der Waals surface area contributed by atoms with Crippen molar-refractivity contribution in [1.29, 1.82) is 0 Å². The molecule has 0 saturated carbocycles. The maximum absolute atomic E-state index is 5.92. The smallest absolute Gasteiger partial charge is 0.120 e. The predicted molar refractivity (Wildman–Crippen MR) is 74.8 cm³/mol. The van der Waals surface area contributed by atoms with Crippen molar-refractivity contribution in [3.05, 3.63) is 64.7 Å². The Hall–Kier alpha value is -1.51. The first kappa shape index (κ1) is 12.9. The molecule has 0 amide bonds. The van der Waals surface area contributed by atoms with E-state index in [0.29, 0.717) is 6.61 Å². The summed E-state index contributed by atoms with van der Waals surface area (Å²) in [6.45, 7) is 2.46. The van der Waals surface area contributed by atoms with Crippen LogP contribution >= 0.6 is 11.6 Å². The normalized spacial score (nSPS) is 12.2. The zero-order chi connectivity index (χ0) is 13.0. The average Bonchev–Trinajstić information content (AvgIpc) is 2.37. The third-order valence-electron chi connectivity index (χ3n) is 2.68. The zero-order valence-corrected chi connectivity index (χ0v) is 11.0. The van der Waals surface area contributed by atoms with Crippen molar-refractivity contribution in [3.8, 4) is 5.75 Å². The molecule has 1 atom stereocenters. The molecule has 0 radical (unpaired) electrons. The van der Waals surface area contributed by atoms with Gasteiger partial charge >= 0.3 is 0 Å². The average molecular weight is 262 g/mol. The largest absolute Gasteiger partial charge is 0.489 e. The number of nitrogens with two attached hydrogens (primary N) is 1. The molecule has 0 heterocycles. The van der Waals surface area contributed by atoms with E-state index in [1.807, 2.05) is 55.5 Å². The molecule has 0 aliphatic heterocycles. The quantitative estimate of drug-likeness (QED) is 0.905. The van der Waals surface area contributed by atoms with Gasteiger partial charge in [-0.15, -0.1) is 0 Å². The van der Waals surface area contributed by atoms with Crippen LogP contribution in [0.15, 0.2) is 48.5 Å². The summed E-state index contributed by atoms with van der Waals surface area (Å²) in [5.74, 6) is 0.824. The SMILES string of the molecule is CC(N)c1cccc(OCc2cccc(Cl)c2)c1. The minimum atomic E-state index is 0.0136. The standard InChI is InChI=1S/C15H16ClNO/c1-11(17)13-5-3-7-15(9-13)18-10-12-4-2-6-14(16)8-12/h2-9,11H,10,17H2,1H3. The molecule has 2 nitrogen and oxygen atoms in total. The van der Waals surface area contributed by atoms with Crippen LogP contribution in [0.2, 0.25) is 5.02 Å². The molecule has 0 saturated heterocycles. The molecular formula is C15H16ClNO. The topological polar surface area (TPSA) is 35.2 Å². The van der Waals surface area contributed by atoms with E-state index in [1.165, 1.54) is 0 Å². The minimum Gasteiger partial charge on any atom is -0.489 e. The lowest BCUT2D eigenvalue weighted by molar-refractivity contribution is 0.306.